The van der Waals surface area contributed by atoms with Crippen LogP contribution in [0.3, 0.4) is 0 Å². The van der Waals surface area contributed by atoms with E-state index in [2.05, 4.69) is 10.6 Å². The fourth-order valence-electron chi connectivity index (χ4n) is 1.46. The molecule has 1 heterocycles. The zero-order chi connectivity index (χ0) is 13.0. The van der Waals surface area contributed by atoms with Gasteiger partial charge in [-0.05, 0) is 31.4 Å². The third-order valence-corrected chi connectivity index (χ3v) is 3.64. The second-order valence-corrected chi connectivity index (χ2v) is 5.34. The molecule has 0 aliphatic heterocycles. The molecule has 0 bridgehead atoms. The molecule has 0 saturated heterocycles. The highest BCUT2D eigenvalue weighted by molar-refractivity contribution is 7.18. The summed E-state index contributed by atoms with van der Waals surface area (Å²) in [6.07, 6.45) is 2.47. The molecule has 0 radical (unpaired) electrons. The van der Waals surface area contributed by atoms with Crippen molar-refractivity contribution >= 4 is 28.2 Å². The topological polar surface area (TPSA) is 78.4 Å². The van der Waals surface area contributed by atoms with E-state index in [0.717, 1.165) is 12.8 Å². The van der Waals surface area contributed by atoms with Crippen LogP contribution < -0.4 is 10.6 Å². The van der Waals surface area contributed by atoms with Crippen molar-refractivity contribution in [1.29, 1.82) is 0 Å². The number of hydrogen-bond acceptors (Lipinski definition) is 4. The van der Waals surface area contributed by atoms with E-state index in [0.29, 0.717) is 22.8 Å². The first-order valence-electron chi connectivity index (χ1n) is 6.00. The van der Waals surface area contributed by atoms with Crippen molar-refractivity contribution in [2.24, 2.45) is 5.92 Å². The van der Waals surface area contributed by atoms with Crippen LogP contribution in [0.4, 0.5) is 5.00 Å². The third kappa shape index (κ3) is 3.54. The Balaban J connectivity index is 1.84. The summed E-state index contributed by atoms with van der Waals surface area (Å²) in [5.74, 6) is 0.0402. The average molecular weight is 268 g/mol. The van der Waals surface area contributed by atoms with E-state index < -0.39 is 0 Å². The highest BCUT2D eigenvalue weighted by atomic mass is 32.1. The van der Waals surface area contributed by atoms with E-state index in [4.69, 9.17) is 5.11 Å². The number of amides is 2. The van der Waals surface area contributed by atoms with Crippen LogP contribution in [0, 0.1) is 5.92 Å². The van der Waals surface area contributed by atoms with Gasteiger partial charge in [-0.2, -0.15) is 0 Å². The molecule has 0 spiro atoms. The minimum atomic E-state index is -0.166. The Bertz CT molecular complexity index is 440. The van der Waals surface area contributed by atoms with Crippen LogP contribution in [0.2, 0.25) is 0 Å². The van der Waals surface area contributed by atoms with Gasteiger partial charge < -0.3 is 15.7 Å². The van der Waals surface area contributed by atoms with E-state index in [9.17, 15) is 9.59 Å². The fraction of sp³-hybridized carbons (Fsp3) is 0.500. The molecule has 3 N–H and O–H groups in total. The van der Waals surface area contributed by atoms with Crippen LogP contribution in [0.25, 0.3) is 0 Å². The molecule has 1 aromatic rings. The standard InChI is InChI=1S/C12H16N2O3S/c15-7-1-6-13-12(17)9-4-5-10(18-9)14-11(16)8-2-3-8/h4-5,8,15H,1-3,6-7H2,(H,13,17)(H,14,16). The maximum Gasteiger partial charge on any atom is 0.261 e. The first-order chi connectivity index (χ1) is 8.70. The van der Waals surface area contributed by atoms with Crippen LogP contribution in [0.1, 0.15) is 28.9 Å². The van der Waals surface area contributed by atoms with E-state index >= 15 is 0 Å². The Hall–Kier alpha value is -1.40. The van der Waals surface area contributed by atoms with Gasteiger partial charge in [0.15, 0.2) is 0 Å². The van der Waals surface area contributed by atoms with Crippen LogP contribution in [-0.2, 0) is 4.79 Å². The zero-order valence-electron chi connectivity index (χ0n) is 9.94. The van der Waals surface area contributed by atoms with Gasteiger partial charge in [0.1, 0.15) is 0 Å². The Morgan fingerprint density at radius 1 is 1.39 bits per heavy atom. The number of rotatable bonds is 6. The number of thiophene rings is 1. The quantitative estimate of drug-likeness (QED) is 0.679. The smallest absolute Gasteiger partial charge is 0.261 e. The maximum atomic E-state index is 11.7. The number of aliphatic hydroxyl groups is 1. The van der Waals surface area contributed by atoms with Crippen molar-refractivity contribution < 1.29 is 14.7 Å². The summed E-state index contributed by atoms with van der Waals surface area (Å²) >= 11 is 1.27. The average Bonchev–Trinajstić information content (AvgIpc) is 3.10. The summed E-state index contributed by atoms with van der Waals surface area (Å²) < 4.78 is 0. The molecule has 2 rings (SSSR count). The number of aliphatic hydroxyl groups excluding tert-OH is 1. The molecule has 18 heavy (non-hydrogen) atoms. The molecule has 2 amide bonds. The second kappa shape index (κ2) is 5.97. The molecule has 1 aromatic heterocycles. The zero-order valence-corrected chi connectivity index (χ0v) is 10.8. The molecule has 1 fully saturated rings. The Kier molecular flexibility index (Phi) is 4.33. The summed E-state index contributed by atoms with van der Waals surface area (Å²) in [4.78, 5) is 23.8. The normalized spacial score (nSPS) is 14.3. The number of carbonyl (C=O) groups excluding carboxylic acids is 2. The summed E-state index contributed by atoms with van der Waals surface area (Å²) in [6, 6.07) is 3.44. The van der Waals surface area contributed by atoms with Crippen LogP contribution in [0.5, 0.6) is 0 Å². The van der Waals surface area contributed by atoms with Gasteiger partial charge in [0.2, 0.25) is 5.91 Å². The van der Waals surface area contributed by atoms with Crippen molar-refractivity contribution in [3.63, 3.8) is 0 Å². The van der Waals surface area contributed by atoms with Crippen LogP contribution in [0.15, 0.2) is 12.1 Å². The lowest BCUT2D eigenvalue weighted by molar-refractivity contribution is -0.117. The van der Waals surface area contributed by atoms with Gasteiger partial charge in [0.25, 0.3) is 5.91 Å². The summed E-state index contributed by atoms with van der Waals surface area (Å²) in [5, 5.41) is 14.8. The molecular formula is C12H16N2O3S. The van der Waals surface area contributed by atoms with Crippen LogP contribution in [-0.4, -0.2) is 30.1 Å². The Labute approximate surface area is 109 Å². The number of hydrogen-bond donors (Lipinski definition) is 3. The van der Waals surface area contributed by atoms with Crippen molar-refractivity contribution in [3.8, 4) is 0 Å². The lowest BCUT2D eigenvalue weighted by Gasteiger charge is -2.01. The number of anilines is 1. The lowest BCUT2D eigenvalue weighted by Crippen LogP contribution is -2.24. The minimum Gasteiger partial charge on any atom is -0.396 e. The van der Waals surface area contributed by atoms with Gasteiger partial charge in [0.05, 0.1) is 9.88 Å². The van der Waals surface area contributed by atoms with Crippen molar-refractivity contribution in [1.82, 2.24) is 5.32 Å². The van der Waals surface area contributed by atoms with Gasteiger partial charge >= 0.3 is 0 Å². The second-order valence-electron chi connectivity index (χ2n) is 4.26. The molecule has 6 heteroatoms. The van der Waals surface area contributed by atoms with E-state index in [1.54, 1.807) is 12.1 Å². The summed E-state index contributed by atoms with van der Waals surface area (Å²) in [5.41, 5.74) is 0. The first-order valence-corrected chi connectivity index (χ1v) is 6.82. The Morgan fingerprint density at radius 3 is 2.83 bits per heavy atom. The van der Waals surface area contributed by atoms with Crippen LogP contribution >= 0.6 is 11.3 Å². The molecule has 0 aromatic carbocycles. The molecule has 1 saturated carbocycles. The van der Waals surface area contributed by atoms with Crippen molar-refractivity contribution in [3.05, 3.63) is 17.0 Å². The number of nitrogens with one attached hydrogen (secondary N) is 2. The summed E-state index contributed by atoms with van der Waals surface area (Å²) in [7, 11) is 0. The van der Waals surface area contributed by atoms with E-state index in [1.807, 2.05) is 0 Å². The minimum absolute atomic E-state index is 0.0455. The molecule has 1 aliphatic carbocycles. The van der Waals surface area contributed by atoms with Gasteiger partial charge in [-0.1, -0.05) is 0 Å². The summed E-state index contributed by atoms with van der Waals surface area (Å²) in [6.45, 7) is 0.518. The van der Waals surface area contributed by atoms with Gasteiger partial charge in [-0.3, -0.25) is 9.59 Å². The monoisotopic (exact) mass is 268 g/mol. The molecule has 1 aliphatic rings. The highest BCUT2D eigenvalue weighted by Crippen LogP contribution is 2.31. The van der Waals surface area contributed by atoms with Gasteiger partial charge in [-0.15, -0.1) is 11.3 Å². The third-order valence-electron chi connectivity index (χ3n) is 2.64. The molecule has 5 nitrogen and oxygen atoms in total. The van der Waals surface area contributed by atoms with Crippen molar-refractivity contribution in [2.45, 2.75) is 19.3 Å². The predicted octanol–water partition coefficient (Wildman–Crippen LogP) is 1.21. The Morgan fingerprint density at radius 2 is 2.17 bits per heavy atom. The van der Waals surface area contributed by atoms with Gasteiger partial charge in [-0.25, -0.2) is 0 Å². The van der Waals surface area contributed by atoms with Crippen molar-refractivity contribution in [2.75, 3.05) is 18.5 Å². The fourth-order valence-corrected chi connectivity index (χ4v) is 2.29. The SMILES string of the molecule is O=C(NCCCO)c1ccc(NC(=O)C2CC2)s1. The largest absolute Gasteiger partial charge is 0.396 e. The molecule has 0 unspecified atom stereocenters. The highest BCUT2D eigenvalue weighted by Gasteiger charge is 2.29. The lowest BCUT2D eigenvalue weighted by atomic mass is 10.4. The predicted molar refractivity (Wildman–Crippen MR) is 69.7 cm³/mol. The van der Waals surface area contributed by atoms with Gasteiger partial charge in [0, 0.05) is 19.1 Å². The van der Waals surface area contributed by atoms with E-state index in [-0.39, 0.29) is 24.3 Å². The van der Waals surface area contributed by atoms with E-state index in [1.165, 1.54) is 11.3 Å². The molecule has 0 atom stereocenters. The number of carbonyl (C=O) groups is 2. The molecule has 98 valence electrons. The molecular weight excluding hydrogens is 252 g/mol. The maximum absolute atomic E-state index is 11.7. The first kappa shape index (κ1) is 13.0.